The van der Waals surface area contributed by atoms with Crippen LogP contribution < -0.4 is 5.32 Å². The maximum Gasteiger partial charge on any atom is 0.343 e. The largest absolute Gasteiger partial charge is 0.343 e. The number of piperazine rings is 1. The molecule has 70 valence electrons. The van der Waals surface area contributed by atoms with Crippen LogP contribution in [0, 0.1) is 0 Å². The van der Waals surface area contributed by atoms with E-state index < -0.39 is 0 Å². The lowest BCUT2D eigenvalue weighted by atomic mass is 10.4. The number of hydrogen-bond acceptors (Lipinski definition) is 3. The van der Waals surface area contributed by atoms with Gasteiger partial charge in [-0.05, 0) is 0 Å². The monoisotopic (exact) mass is 173 g/mol. The maximum atomic E-state index is 11.4. The summed E-state index contributed by atoms with van der Waals surface area (Å²) in [7, 11) is 3.10. The van der Waals surface area contributed by atoms with E-state index in [0.717, 1.165) is 26.2 Å². The van der Waals surface area contributed by atoms with Crippen LogP contribution in [0.2, 0.25) is 0 Å². The van der Waals surface area contributed by atoms with Crippen LogP contribution >= 0.6 is 0 Å². The lowest BCUT2D eigenvalue weighted by Gasteiger charge is -2.30. The third-order valence-electron chi connectivity index (χ3n) is 1.93. The van der Waals surface area contributed by atoms with Crippen LogP contribution in [0.5, 0.6) is 0 Å². The Hall–Kier alpha value is -0.810. The number of hydroxylamine groups is 2. The molecule has 0 saturated carbocycles. The molecule has 2 amide bonds. The van der Waals surface area contributed by atoms with Crippen molar-refractivity contribution in [2.45, 2.75) is 0 Å². The molecule has 0 unspecified atom stereocenters. The van der Waals surface area contributed by atoms with Gasteiger partial charge in [-0.2, -0.15) is 0 Å². The molecule has 1 aliphatic heterocycles. The minimum absolute atomic E-state index is 0.0704. The molecule has 1 fully saturated rings. The van der Waals surface area contributed by atoms with E-state index >= 15 is 0 Å². The van der Waals surface area contributed by atoms with Crippen LogP contribution in [0.25, 0.3) is 0 Å². The summed E-state index contributed by atoms with van der Waals surface area (Å²) < 4.78 is 0. The van der Waals surface area contributed by atoms with Crippen LogP contribution in [0.3, 0.4) is 0 Å². The molecular weight excluding hydrogens is 158 g/mol. The Labute approximate surface area is 72.2 Å². The molecule has 5 nitrogen and oxygen atoms in total. The summed E-state index contributed by atoms with van der Waals surface area (Å²) in [5.41, 5.74) is 0. The highest BCUT2D eigenvalue weighted by Crippen LogP contribution is 1.98. The number of nitrogens with zero attached hydrogens (tertiary/aromatic N) is 2. The van der Waals surface area contributed by atoms with Crippen molar-refractivity contribution < 1.29 is 9.63 Å². The fraction of sp³-hybridized carbons (Fsp3) is 0.857. The summed E-state index contributed by atoms with van der Waals surface area (Å²) in [6.07, 6.45) is 0. The van der Waals surface area contributed by atoms with Gasteiger partial charge in [0.25, 0.3) is 0 Å². The summed E-state index contributed by atoms with van der Waals surface area (Å²) in [6.45, 7) is 3.24. The fourth-order valence-corrected chi connectivity index (χ4v) is 1.13. The molecule has 12 heavy (non-hydrogen) atoms. The zero-order valence-corrected chi connectivity index (χ0v) is 7.54. The third kappa shape index (κ3) is 2.09. The van der Waals surface area contributed by atoms with E-state index in [0.29, 0.717) is 0 Å². The van der Waals surface area contributed by atoms with E-state index in [4.69, 9.17) is 4.84 Å². The van der Waals surface area contributed by atoms with E-state index in [-0.39, 0.29) is 6.03 Å². The molecule has 1 saturated heterocycles. The summed E-state index contributed by atoms with van der Waals surface area (Å²) >= 11 is 0. The van der Waals surface area contributed by atoms with E-state index in [1.165, 1.54) is 12.2 Å². The molecule has 0 radical (unpaired) electrons. The van der Waals surface area contributed by atoms with Crippen LogP contribution in [-0.4, -0.2) is 56.3 Å². The second kappa shape index (κ2) is 4.27. The lowest BCUT2D eigenvalue weighted by molar-refractivity contribution is -0.0765. The number of hydrogen-bond donors (Lipinski definition) is 1. The number of urea groups is 1. The summed E-state index contributed by atoms with van der Waals surface area (Å²) in [5, 5.41) is 4.41. The highest BCUT2D eigenvalue weighted by atomic mass is 16.7. The molecule has 0 bridgehead atoms. The number of carbonyl (C=O) groups is 1. The predicted molar refractivity (Wildman–Crippen MR) is 44.6 cm³/mol. The van der Waals surface area contributed by atoms with Crippen LogP contribution in [0.1, 0.15) is 0 Å². The van der Waals surface area contributed by atoms with E-state index in [1.54, 1.807) is 11.9 Å². The molecule has 0 atom stereocenters. The van der Waals surface area contributed by atoms with Gasteiger partial charge >= 0.3 is 6.03 Å². The quantitative estimate of drug-likeness (QED) is 0.544. The fourth-order valence-electron chi connectivity index (χ4n) is 1.13. The average molecular weight is 173 g/mol. The standard InChI is InChI=1S/C7H15N3O2/c1-9(12-2)7(11)10-5-3-8-4-6-10/h8H,3-6H2,1-2H3. The first-order valence-electron chi connectivity index (χ1n) is 4.03. The predicted octanol–water partition coefficient (Wildman–Crippen LogP) is -0.495. The first-order valence-corrected chi connectivity index (χ1v) is 4.03. The first-order chi connectivity index (χ1) is 5.75. The SMILES string of the molecule is CON(C)C(=O)N1CCNCC1. The van der Waals surface area contributed by atoms with Crippen LogP contribution in [0.4, 0.5) is 4.79 Å². The zero-order valence-electron chi connectivity index (χ0n) is 7.54. The van der Waals surface area contributed by atoms with Crippen molar-refractivity contribution in [2.24, 2.45) is 0 Å². The van der Waals surface area contributed by atoms with Crippen molar-refractivity contribution in [3.8, 4) is 0 Å². The Morgan fingerprint density at radius 3 is 2.58 bits per heavy atom. The number of amides is 2. The molecule has 1 rings (SSSR count). The first kappa shape index (κ1) is 9.28. The second-order valence-corrected chi connectivity index (χ2v) is 2.70. The topological polar surface area (TPSA) is 44.8 Å². The molecule has 1 aliphatic rings. The molecule has 0 aromatic carbocycles. The molecule has 1 heterocycles. The Morgan fingerprint density at radius 2 is 2.08 bits per heavy atom. The zero-order chi connectivity index (χ0) is 8.97. The second-order valence-electron chi connectivity index (χ2n) is 2.70. The van der Waals surface area contributed by atoms with E-state index in [9.17, 15) is 4.79 Å². The number of rotatable bonds is 1. The smallest absolute Gasteiger partial charge is 0.320 e. The summed E-state index contributed by atoms with van der Waals surface area (Å²) in [5.74, 6) is 0. The van der Waals surface area contributed by atoms with Gasteiger partial charge in [-0.25, -0.2) is 9.86 Å². The van der Waals surface area contributed by atoms with Gasteiger partial charge in [0.2, 0.25) is 0 Å². The van der Waals surface area contributed by atoms with E-state index in [2.05, 4.69) is 5.32 Å². The number of carbonyl (C=O) groups excluding carboxylic acids is 1. The van der Waals surface area contributed by atoms with Gasteiger partial charge < -0.3 is 10.2 Å². The molecular formula is C7H15N3O2. The molecule has 0 aromatic rings. The molecule has 0 spiro atoms. The van der Waals surface area contributed by atoms with Gasteiger partial charge in [0.05, 0.1) is 7.11 Å². The maximum absolute atomic E-state index is 11.4. The summed E-state index contributed by atoms with van der Waals surface area (Å²) in [6, 6.07) is -0.0704. The van der Waals surface area contributed by atoms with Crippen molar-refractivity contribution in [3.05, 3.63) is 0 Å². The minimum Gasteiger partial charge on any atom is -0.320 e. The van der Waals surface area contributed by atoms with Crippen molar-refractivity contribution in [2.75, 3.05) is 40.3 Å². The summed E-state index contributed by atoms with van der Waals surface area (Å²) in [4.78, 5) is 18.0. The van der Waals surface area contributed by atoms with E-state index in [1.807, 2.05) is 0 Å². The Kier molecular flexibility index (Phi) is 3.31. The molecule has 1 N–H and O–H groups in total. The third-order valence-corrected chi connectivity index (χ3v) is 1.93. The van der Waals surface area contributed by atoms with Gasteiger partial charge in [-0.15, -0.1) is 0 Å². The molecule has 5 heteroatoms. The van der Waals surface area contributed by atoms with Gasteiger partial charge in [-0.3, -0.25) is 4.84 Å². The van der Waals surface area contributed by atoms with Gasteiger partial charge in [0.1, 0.15) is 0 Å². The van der Waals surface area contributed by atoms with Gasteiger partial charge in [0.15, 0.2) is 0 Å². The minimum atomic E-state index is -0.0704. The van der Waals surface area contributed by atoms with Crippen molar-refractivity contribution >= 4 is 6.03 Å². The Morgan fingerprint density at radius 1 is 1.50 bits per heavy atom. The lowest BCUT2D eigenvalue weighted by Crippen LogP contribution is -2.50. The highest BCUT2D eigenvalue weighted by molar-refractivity contribution is 5.73. The Bertz CT molecular complexity index is 157. The van der Waals surface area contributed by atoms with Gasteiger partial charge in [-0.1, -0.05) is 0 Å². The van der Waals surface area contributed by atoms with Crippen molar-refractivity contribution in [3.63, 3.8) is 0 Å². The van der Waals surface area contributed by atoms with Crippen LogP contribution in [-0.2, 0) is 4.84 Å². The van der Waals surface area contributed by atoms with Crippen LogP contribution in [0.15, 0.2) is 0 Å². The normalized spacial score (nSPS) is 17.7. The molecule has 0 aliphatic carbocycles. The van der Waals surface area contributed by atoms with Crippen molar-refractivity contribution in [1.29, 1.82) is 0 Å². The highest BCUT2D eigenvalue weighted by Gasteiger charge is 2.19. The van der Waals surface area contributed by atoms with Crippen molar-refractivity contribution in [1.82, 2.24) is 15.3 Å². The molecule has 0 aromatic heterocycles. The average Bonchev–Trinajstić information content (AvgIpc) is 2.17. The van der Waals surface area contributed by atoms with Gasteiger partial charge in [0, 0.05) is 33.2 Å². The Balaban J connectivity index is 2.39. The number of nitrogens with one attached hydrogen (secondary N) is 1.